The smallest absolute Gasteiger partial charge is 0.261 e. The summed E-state index contributed by atoms with van der Waals surface area (Å²) in [5.74, 6) is 0.738. The monoisotopic (exact) mass is 268 g/mol. The molecule has 1 amide bonds. The number of ether oxygens (including phenoxy) is 1. The van der Waals surface area contributed by atoms with Gasteiger partial charge in [0.25, 0.3) is 5.91 Å². The van der Waals surface area contributed by atoms with Crippen LogP contribution < -0.4 is 10.1 Å². The summed E-state index contributed by atoms with van der Waals surface area (Å²) in [6, 6.07) is 13.5. The normalized spacial score (nSPS) is 16.9. The van der Waals surface area contributed by atoms with E-state index in [9.17, 15) is 4.79 Å². The van der Waals surface area contributed by atoms with Crippen LogP contribution in [0.4, 0.5) is 0 Å². The number of hydrogen-bond donors (Lipinski definition) is 1. The van der Waals surface area contributed by atoms with E-state index in [4.69, 9.17) is 4.74 Å². The van der Waals surface area contributed by atoms with Crippen LogP contribution in [0.15, 0.2) is 48.7 Å². The molecule has 1 N–H and O–H groups in total. The molecular weight excluding hydrogens is 252 g/mol. The van der Waals surface area contributed by atoms with E-state index < -0.39 is 6.10 Å². The molecule has 1 atom stereocenters. The Morgan fingerprint density at radius 3 is 2.95 bits per heavy atom. The molecule has 0 saturated carbocycles. The third-order valence-corrected chi connectivity index (χ3v) is 3.38. The summed E-state index contributed by atoms with van der Waals surface area (Å²) >= 11 is 0. The number of amides is 1. The summed E-state index contributed by atoms with van der Waals surface area (Å²) in [6.07, 6.45) is 2.89. The second kappa shape index (κ2) is 5.74. The van der Waals surface area contributed by atoms with Crippen LogP contribution in [-0.4, -0.2) is 17.0 Å². The second-order valence-electron chi connectivity index (χ2n) is 4.79. The van der Waals surface area contributed by atoms with Crippen molar-refractivity contribution in [2.45, 2.75) is 25.5 Å². The molecule has 0 radical (unpaired) electrons. The Balaban J connectivity index is 1.59. The van der Waals surface area contributed by atoms with Gasteiger partial charge in [0.2, 0.25) is 0 Å². The quantitative estimate of drug-likeness (QED) is 0.927. The fourth-order valence-corrected chi connectivity index (χ4v) is 2.30. The van der Waals surface area contributed by atoms with Crippen LogP contribution in [0.1, 0.15) is 17.7 Å². The molecule has 0 fully saturated rings. The van der Waals surface area contributed by atoms with E-state index in [1.165, 1.54) is 5.56 Å². The fourth-order valence-electron chi connectivity index (χ4n) is 2.30. The van der Waals surface area contributed by atoms with E-state index in [-0.39, 0.29) is 5.91 Å². The van der Waals surface area contributed by atoms with Crippen LogP contribution in [0, 0.1) is 0 Å². The van der Waals surface area contributed by atoms with E-state index in [2.05, 4.69) is 10.3 Å². The molecule has 3 rings (SSSR count). The summed E-state index contributed by atoms with van der Waals surface area (Å²) in [4.78, 5) is 16.3. The van der Waals surface area contributed by atoms with Gasteiger partial charge in [0, 0.05) is 6.20 Å². The van der Waals surface area contributed by atoms with Gasteiger partial charge < -0.3 is 10.1 Å². The molecule has 102 valence electrons. The summed E-state index contributed by atoms with van der Waals surface area (Å²) in [5.41, 5.74) is 2.01. The molecule has 0 aliphatic carbocycles. The van der Waals surface area contributed by atoms with E-state index >= 15 is 0 Å². The molecule has 0 spiro atoms. The number of aromatic nitrogens is 1. The van der Waals surface area contributed by atoms with Crippen LogP contribution in [0.5, 0.6) is 5.75 Å². The van der Waals surface area contributed by atoms with Gasteiger partial charge in [-0.3, -0.25) is 9.78 Å². The fraction of sp³-hybridized carbons (Fsp3) is 0.250. The molecule has 1 aliphatic rings. The van der Waals surface area contributed by atoms with E-state index in [0.29, 0.717) is 13.0 Å². The number of rotatable bonds is 3. The van der Waals surface area contributed by atoms with Crippen molar-refractivity contribution in [1.29, 1.82) is 0 Å². The minimum atomic E-state index is -0.409. The highest BCUT2D eigenvalue weighted by atomic mass is 16.5. The van der Waals surface area contributed by atoms with Crippen molar-refractivity contribution in [2.24, 2.45) is 0 Å². The first kappa shape index (κ1) is 12.7. The Kier molecular flexibility index (Phi) is 3.63. The lowest BCUT2D eigenvalue weighted by molar-refractivity contribution is -0.128. The Bertz CT molecular complexity index is 598. The van der Waals surface area contributed by atoms with Crippen LogP contribution in [-0.2, 0) is 17.8 Å². The zero-order chi connectivity index (χ0) is 13.8. The van der Waals surface area contributed by atoms with Crippen LogP contribution in [0.25, 0.3) is 0 Å². The van der Waals surface area contributed by atoms with Gasteiger partial charge in [0.15, 0.2) is 6.10 Å². The number of carbonyl (C=O) groups is 1. The van der Waals surface area contributed by atoms with Crippen molar-refractivity contribution >= 4 is 5.91 Å². The SMILES string of the molecule is O=C(NCc1ccccn1)C1CCc2ccccc2O1. The van der Waals surface area contributed by atoms with Gasteiger partial charge in [0.1, 0.15) is 5.75 Å². The standard InChI is InChI=1S/C16H16N2O2/c19-16(18-11-13-6-3-4-10-17-13)15-9-8-12-5-1-2-7-14(12)20-15/h1-7,10,15H,8-9,11H2,(H,18,19). The average Bonchev–Trinajstić information content (AvgIpc) is 2.53. The van der Waals surface area contributed by atoms with Crippen molar-refractivity contribution in [3.8, 4) is 5.75 Å². The number of benzene rings is 1. The Labute approximate surface area is 117 Å². The number of nitrogens with one attached hydrogen (secondary N) is 1. The first-order valence-corrected chi connectivity index (χ1v) is 6.75. The van der Waals surface area contributed by atoms with Crippen LogP contribution >= 0.6 is 0 Å². The van der Waals surface area contributed by atoms with Crippen molar-refractivity contribution in [3.63, 3.8) is 0 Å². The van der Waals surface area contributed by atoms with Crippen molar-refractivity contribution in [1.82, 2.24) is 10.3 Å². The zero-order valence-corrected chi connectivity index (χ0v) is 11.1. The number of nitrogens with zero attached hydrogens (tertiary/aromatic N) is 1. The third kappa shape index (κ3) is 2.79. The minimum Gasteiger partial charge on any atom is -0.480 e. The third-order valence-electron chi connectivity index (χ3n) is 3.38. The maximum atomic E-state index is 12.1. The predicted octanol–water partition coefficient (Wildman–Crippen LogP) is 2.09. The number of aryl methyl sites for hydroxylation is 1. The van der Waals surface area contributed by atoms with Gasteiger partial charge >= 0.3 is 0 Å². The highest BCUT2D eigenvalue weighted by Crippen LogP contribution is 2.26. The lowest BCUT2D eigenvalue weighted by Gasteiger charge is -2.25. The zero-order valence-electron chi connectivity index (χ0n) is 11.1. The van der Waals surface area contributed by atoms with Gasteiger partial charge in [-0.1, -0.05) is 24.3 Å². The number of para-hydroxylation sites is 1. The van der Waals surface area contributed by atoms with Crippen molar-refractivity contribution in [2.75, 3.05) is 0 Å². The maximum Gasteiger partial charge on any atom is 0.261 e. The topological polar surface area (TPSA) is 51.2 Å². The average molecular weight is 268 g/mol. The van der Waals surface area contributed by atoms with Gasteiger partial charge in [0.05, 0.1) is 12.2 Å². The predicted molar refractivity (Wildman–Crippen MR) is 75.3 cm³/mol. The Hall–Kier alpha value is -2.36. The molecular formula is C16H16N2O2. The van der Waals surface area contributed by atoms with Gasteiger partial charge in [-0.2, -0.15) is 0 Å². The molecule has 2 aromatic rings. The summed E-state index contributed by atoms with van der Waals surface area (Å²) < 4.78 is 5.75. The highest BCUT2D eigenvalue weighted by molar-refractivity contribution is 5.81. The Morgan fingerprint density at radius 2 is 2.10 bits per heavy atom. The minimum absolute atomic E-state index is 0.0786. The van der Waals surface area contributed by atoms with E-state index in [1.807, 2.05) is 42.5 Å². The van der Waals surface area contributed by atoms with Crippen LogP contribution in [0.3, 0.4) is 0 Å². The van der Waals surface area contributed by atoms with E-state index in [1.54, 1.807) is 6.20 Å². The summed E-state index contributed by atoms with van der Waals surface area (Å²) in [6.45, 7) is 0.432. The highest BCUT2D eigenvalue weighted by Gasteiger charge is 2.25. The number of fused-ring (bicyclic) bond motifs is 1. The van der Waals surface area contributed by atoms with Gasteiger partial charge in [-0.25, -0.2) is 0 Å². The van der Waals surface area contributed by atoms with E-state index in [0.717, 1.165) is 17.9 Å². The molecule has 20 heavy (non-hydrogen) atoms. The molecule has 1 aromatic heterocycles. The first-order chi connectivity index (χ1) is 9.83. The van der Waals surface area contributed by atoms with Crippen LogP contribution in [0.2, 0.25) is 0 Å². The number of hydrogen-bond acceptors (Lipinski definition) is 3. The number of pyridine rings is 1. The molecule has 2 heterocycles. The lowest BCUT2D eigenvalue weighted by Crippen LogP contribution is -2.40. The molecule has 1 aromatic carbocycles. The number of carbonyl (C=O) groups excluding carboxylic acids is 1. The Morgan fingerprint density at radius 1 is 1.25 bits per heavy atom. The molecule has 0 bridgehead atoms. The summed E-state index contributed by atoms with van der Waals surface area (Å²) in [5, 5.41) is 2.87. The summed E-state index contributed by atoms with van der Waals surface area (Å²) in [7, 11) is 0. The lowest BCUT2D eigenvalue weighted by atomic mass is 10.0. The molecule has 4 nitrogen and oxygen atoms in total. The largest absolute Gasteiger partial charge is 0.480 e. The van der Waals surface area contributed by atoms with Gasteiger partial charge in [-0.15, -0.1) is 0 Å². The van der Waals surface area contributed by atoms with Gasteiger partial charge in [-0.05, 0) is 36.6 Å². The maximum absolute atomic E-state index is 12.1. The van der Waals surface area contributed by atoms with Crippen molar-refractivity contribution in [3.05, 3.63) is 59.9 Å². The molecule has 4 heteroatoms. The second-order valence-corrected chi connectivity index (χ2v) is 4.79. The molecule has 1 unspecified atom stereocenters. The first-order valence-electron chi connectivity index (χ1n) is 6.75. The molecule has 1 aliphatic heterocycles. The molecule has 0 saturated heterocycles. The van der Waals surface area contributed by atoms with Crippen molar-refractivity contribution < 1.29 is 9.53 Å².